The average Bonchev–Trinajstić information content (AvgIpc) is 3.02. The minimum absolute atomic E-state index is 0.00530. The fourth-order valence-corrected chi connectivity index (χ4v) is 2.78. The Morgan fingerprint density at radius 3 is 2.50 bits per heavy atom. The van der Waals surface area contributed by atoms with E-state index < -0.39 is 23.4 Å². The fourth-order valence-electron chi connectivity index (χ4n) is 2.78. The largest absolute Gasteiger partial charge is 0.461 e. The van der Waals surface area contributed by atoms with Gasteiger partial charge in [0, 0.05) is 17.0 Å². The molecule has 9 heteroatoms. The van der Waals surface area contributed by atoms with Crippen LogP contribution in [0.4, 0.5) is 18.9 Å². The summed E-state index contributed by atoms with van der Waals surface area (Å²) in [6, 6.07) is 7.14. The third-order valence-electron chi connectivity index (χ3n) is 3.98. The van der Waals surface area contributed by atoms with Crippen molar-refractivity contribution in [1.29, 1.82) is 0 Å². The molecule has 0 unspecified atom stereocenters. The van der Waals surface area contributed by atoms with Crippen LogP contribution in [0.25, 0.3) is 22.2 Å². The average molecular weight is 390 g/mol. The number of aromatic amines is 1. The lowest BCUT2D eigenvalue weighted by Crippen LogP contribution is -2.28. The highest BCUT2D eigenvalue weighted by atomic mass is 19.1. The van der Waals surface area contributed by atoms with Crippen molar-refractivity contribution in [3.05, 3.63) is 65.7 Å². The summed E-state index contributed by atoms with van der Waals surface area (Å²) in [5.41, 5.74) is 6.27. The second-order valence-corrected chi connectivity index (χ2v) is 5.88. The number of nitrogens with one attached hydrogen (secondary N) is 1. The lowest BCUT2D eigenvalue weighted by atomic mass is 10.1. The third kappa shape index (κ3) is 3.65. The summed E-state index contributed by atoms with van der Waals surface area (Å²) in [6.07, 6.45) is 1.08. The molecule has 0 bridgehead atoms. The number of carbonyl (C=O) groups excluding carboxylic acids is 1. The summed E-state index contributed by atoms with van der Waals surface area (Å²) < 4.78 is 46.2. The monoisotopic (exact) mass is 390 g/mol. The number of hydrogen-bond donors (Lipinski definition) is 3. The Balaban J connectivity index is 2.21. The first-order valence-corrected chi connectivity index (χ1v) is 8.26. The van der Waals surface area contributed by atoms with Gasteiger partial charge in [-0.25, -0.2) is 23.8 Å². The number of fused-ring (bicyclic) bond motifs is 1. The molecule has 0 spiro atoms. The van der Waals surface area contributed by atoms with Crippen molar-refractivity contribution in [2.45, 2.75) is 6.92 Å². The van der Waals surface area contributed by atoms with Crippen molar-refractivity contribution >= 4 is 22.6 Å². The highest BCUT2D eigenvalue weighted by Gasteiger charge is 2.21. The first-order valence-electron chi connectivity index (χ1n) is 8.26. The van der Waals surface area contributed by atoms with E-state index >= 15 is 0 Å². The van der Waals surface area contributed by atoms with Crippen molar-refractivity contribution in [1.82, 2.24) is 4.98 Å². The Kier molecular flexibility index (Phi) is 5.27. The topological polar surface area (TPSA) is 97.4 Å². The third-order valence-corrected chi connectivity index (χ3v) is 3.98. The van der Waals surface area contributed by atoms with E-state index in [1.165, 1.54) is 24.3 Å². The van der Waals surface area contributed by atoms with E-state index in [1.807, 2.05) is 0 Å². The molecule has 1 heterocycles. The first-order chi connectivity index (χ1) is 13.3. The van der Waals surface area contributed by atoms with E-state index in [0.717, 1.165) is 23.3 Å². The van der Waals surface area contributed by atoms with E-state index in [0.29, 0.717) is 5.56 Å². The summed E-state index contributed by atoms with van der Waals surface area (Å²) in [6.45, 7) is 1.73. The van der Waals surface area contributed by atoms with Crippen molar-refractivity contribution in [3.63, 3.8) is 0 Å². The number of esters is 1. The maximum absolute atomic E-state index is 14.3. The molecule has 0 fully saturated rings. The molecule has 28 heavy (non-hydrogen) atoms. The van der Waals surface area contributed by atoms with E-state index in [1.54, 1.807) is 6.92 Å². The number of aromatic nitrogens is 1. The number of ether oxygens (including phenoxy) is 1. The maximum atomic E-state index is 14.3. The molecule has 0 amide bonds. The Hall–Kier alpha value is -3.46. The minimum atomic E-state index is -0.833. The number of hydrogen-bond acceptors (Lipinski definition) is 5. The number of nitrogens with zero attached hydrogens (tertiary/aromatic N) is 1. The second kappa shape index (κ2) is 7.65. The number of benzene rings is 2. The van der Waals surface area contributed by atoms with Gasteiger partial charge in [-0.2, -0.15) is 0 Å². The Labute approximate surface area is 158 Å². The zero-order chi connectivity index (χ0) is 20.4. The van der Waals surface area contributed by atoms with Gasteiger partial charge in [-0.05, 0) is 37.3 Å². The van der Waals surface area contributed by atoms with E-state index in [9.17, 15) is 18.0 Å². The first kappa shape index (κ1) is 19.3. The molecule has 3 rings (SSSR count). The Bertz CT molecular complexity index is 1060. The molecule has 0 saturated carbocycles. The van der Waals surface area contributed by atoms with Gasteiger partial charge in [0.15, 0.2) is 0 Å². The van der Waals surface area contributed by atoms with Gasteiger partial charge >= 0.3 is 5.97 Å². The van der Waals surface area contributed by atoms with Crippen molar-refractivity contribution < 1.29 is 22.7 Å². The molecule has 0 saturated heterocycles. The van der Waals surface area contributed by atoms with Crippen LogP contribution < -0.4 is 16.6 Å². The molecule has 0 aliphatic heterocycles. The number of hydrazine groups is 1. The van der Waals surface area contributed by atoms with Gasteiger partial charge in [-0.15, -0.1) is 0 Å². The molecule has 0 atom stereocenters. The van der Waals surface area contributed by atoms with E-state index in [4.69, 9.17) is 16.3 Å². The summed E-state index contributed by atoms with van der Waals surface area (Å²) in [5, 5.41) is 1.08. The van der Waals surface area contributed by atoms with Gasteiger partial charge in [-0.1, -0.05) is 0 Å². The molecule has 6 nitrogen and oxygen atoms in total. The van der Waals surface area contributed by atoms with Crippen LogP contribution in [0, 0.1) is 17.5 Å². The van der Waals surface area contributed by atoms with Crippen molar-refractivity contribution in [2.75, 3.05) is 11.6 Å². The minimum Gasteiger partial charge on any atom is -0.461 e. The van der Waals surface area contributed by atoms with Crippen LogP contribution in [-0.4, -0.2) is 17.6 Å². The standard InChI is InChI=1S/C19H17F3N4O2/c1-2-28-19(27)15(23)9-26(24)18-13-7-12(21)8-14(22)17(13)25-16(18)10-3-5-11(20)6-4-10/h3-9,25H,2,23-24H2,1H3/b15-9-. The van der Waals surface area contributed by atoms with Gasteiger partial charge in [0.05, 0.1) is 29.7 Å². The summed E-state index contributed by atoms with van der Waals surface area (Å²) in [7, 11) is 0. The second-order valence-electron chi connectivity index (χ2n) is 5.88. The van der Waals surface area contributed by atoms with Crippen LogP contribution in [0.1, 0.15) is 6.92 Å². The molecule has 2 aromatic carbocycles. The SMILES string of the molecule is CCOC(=O)/C(N)=C/N(N)c1c(-c2ccc(F)cc2)[nH]c2c(F)cc(F)cc12. The number of anilines is 1. The summed E-state index contributed by atoms with van der Waals surface area (Å²) in [4.78, 5) is 14.6. The van der Waals surface area contributed by atoms with Crippen molar-refractivity contribution in [2.24, 2.45) is 11.6 Å². The van der Waals surface area contributed by atoms with Crippen LogP contribution in [0.3, 0.4) is 0 Å². The van der Waals surface area contributed by atoms with E-state index in [2.05, 4.69) is 4.98 Å². The molecule has 0 aliphatic carbocycles. The van der Waals surface area contributed by atoms with Gasteiger partial charge in [-0.3, -0.25) is 5.01 Å². The van der Waals surface area contributed by atoms with Crippen LogP contribution in [-0.2, 0) is 9.53 Å². The van der Waals surface area contributed by atoms with Crippen LogP contribution in [0.15, 0.2) is 48.3 Å². The predicted molar refractivity (Wildman–Crippen MR) is 99.2 cm³/mol. The molecular formula is C19H17F3N4O2. The fraction of sp³-hybridized carbons (Fsp3) is 0.105. The van der Waals surface area contributed by atoms with Crippen LogP contribution in [0.5, 0.6) is 0 Å². The molecule has 3 aromatic rings. The number of H-pyrrole nitrogens is 1. The Morgan fingerprint density at radius 1 is 1.18 bits per heavy atom. The smallest absolute Gasteiger partial charge is 0.355 e. The highest BCUT2D eigenvalue weighted by Crippen LogP contribution is 2.38. The zero-order valence-electron chi connectivity index (χ0n) is 14.8. The normalized spacial score (nSPS) is 11.7. The summed E-state index contributed by atoms with van der Waals surface area (Å²) >= 11 is 0. The highest BCUT2D eigenvalue weighted by molar-refractivity contribution is 6.02. The number of carbonyl (C=O) groups is 1. The quantitative estimate of drug-likeness (QED) is 0.269. The molecule has 146 valence electrons. The zero-order valence-corrected chi connectivity index (χ0v) is 14.8. The Morgan fingerprint density at radius 2 is 1.86 bits per heavy atom. The van der Waals surface area contributed by atoms with Crippen LogP contribution in [0.2, 0.25) is 0 Å². The molecular weight excluding hydrogens is 373 g/mol. The van der Waals surface area contributed by atoms with Gasteiger partial charge in [0.25, 0.3) is 0 Å². The number of halogens is 3. The predicted octanol–water partition coefficient (Wildman–Crippen LogP) is 3.30. The van der Waals surface area contributed by atoms with Gasteiger partial charge < -0.3 is 15.5 Å². The lowest BCUT2D eigenvalue weighted by molar-refractivity contribution is -0.138. The molecule has 1 aromatic heterocycles. The van der Waals surface area contributed by atoms with Crippen molar-refractivity contribution in [3.8, 4) is 11.3 Å². The molecule has 0 aliphatic rings. The van der Waals surface area contributed by atoms with Gasteiger partial charge in [0.1, 0.15) is 23.1 Å². The molecule has 5 N–H and O–H groups in total. The summed E-state index contributed by atoms with van der Waals surface area (Å²) in [5.74, 6) is 3.14. The van der Waals surface area contributed by atoms with Gasteiger partial charge in [0.2, 0.25) is 0 Å². The number of rotatable bonds is 5. The number of nitrogens with two attached hydrogens (primary N) is 2. The molecule has 0 radical (unpaired) electrons. The lowest BCUT2D eigenvalue weighted by Gasteiger charge is -2.16. The van der Waals surface area contributed by atoms with Crippen LogP contribution >= 0.6 is 0 Å². The van der Waals surface area contributed by atoms with E-state index in [-0.39, 0.29) is 34.6 Å². The maximum Gasteiger partial charge on any atom is 0.355 e.